The number of nitrogens with one attached hydrogen (secondary N) is 1. The lowest BCUT2D eigenvalue weighted by atomic mass is 10.1. The van der Waals surface area contributed by atoms with Crippen LogP contribution < -0.4 is 4.90 Å². The van der Waals surface area contributed by atoms with Crippen molar-refractivity contribution in [2.24, 2.45) is 0 Å². The molecule has 1 aromatic carbocycles. The van der Waals surface area contributed by atoms with Crippen LogP contribution in [0.15, 0.2) is 30.5 Å². The number of rotatable bonds is 7. The molecule has 0 amide bonds. The highest BCUT2D eigenvalue weighted by atomic mass is 32.2. The molecule has 196 valence electrons. The number of aromatic nitrogens is 4. The molecular formula is C25H31N7O3S2. The van der Waals surface area contributed by atoms with Crippen molar-refractivity contribution in [3.8, 4) is 11.4 Å². The molecule has 6 rings (SSSR count). The molecule has 4 aromatic rings. The van der Waals surface area contributed by atoms with Gasteiger partial charge in [-0.15, -0.1) is 11.3 Å². The Bertz CT molecular complexity index is 1500. The number of hydrogen-bond acceptors (Lipinski definition) is 10. The standard InChI is InChI=1S/C25H31N7O3S2/c1-37(33,34)14-11-30-5-7-31(8-6-30)17-18-15-20-24(32-9-12-35-13-10-32)27-23(28-25(20)36-18)19-3-2-4-22-21(19)16-26-29-22/h2-4,15-16H,5-14,17H2,1H3,(H,26,29). The van der Waals surface area contributed by atoms with Gasteiger partial charge in [0.15, 0.2) is 5.82 Å². The summed E-state index contributed by atoms with van der Waals surface area (Å²) in [4.78, 5) is 19.4. The van der Waals surface area contributed by atoms with Gasteiger partial charge in [0.05, 0.1) is 36.1 Å². The number of benzene rings is 1. The van der Waals surface area contributed by atoms with Crippen LogP contribution in [0.5, 0.6) is 0 Å². The molecular weight excluding hydrogens is 510 g/mol. The number of morpholine rings is 1. The average molecular weight is 542 g/mol. The van der Waals surface area contributed by atoms with Crippen molar-refractivity contribution in [2.75, 3.05) is 75.9 Å². The van der Waals surface area contributed by atoms with Crippen molar-refractivity contribution < 1.29 is 13.2 Å². The van der Waals surface area contributed by atoms with Crippen LogP contribution in [-0.4, -0.2) is 109 Å². The van der Waals surface area contributed by atoms with Gasteiger partial charge in [-0.2, -0.15) is 5.10 Å². The molecule has 12 heteroatoms. The first-order chi connectivity index (χ1) is 17.9. The number of piperazine rings is 1. The number of ether oxygens (including phenoxy) is 1. The summed E-state index contributed by atoms with van der Waals surface area (Å²) < 4.78 is 28.6. The Balaban J connectivity index is 1.27. The van der Waals surface area contributed by atoms with E-state index in [0.717, 1.165) is 78.3 Å². The summed E-state index contributed by atoms with van der Waals surface area (Å²) in [5.74, 6) is 1.91. The lowest BCUT2D eigenvalue weighted by Crippen LogP contribution is -2.47. The summed E-state index contributed by atoms with van der Waals surface area (Å²) in [7, 11) is -2.93. The Hall–Kier alpha value is -2.64. The largest absolute Gasteiger partial charge is 0.378 e. The van der Waals surface area contributed by atoms with Gasteiger partial charge in [0.2, 0.25) is 0 Å². The Labute approximate surface area is 220 Å². The van der Waals surface area contributed by atoms with Gasteiger partial charge in [-0.1, -0.05) is 12.1 Å². The van der Waals surface area contributed by atoms with Crippen LogP contribution in [0.2, 0.25) is 0 Å². The fraction of sp³-hybridized carbons (Fsp3) is 0.480. The molecule has 37 heavy (non-hydrogen) atoms. The van der Waals surface area contributed by atoms with Crippen LogP contribution in [0.4, 0.5) is 5.82 Å². The van der Waals surface area contributed by atoms with Crippen LogP contribution >= 0.6 is 11.3 Å². The smallest absolute Gasteiger partial charge is 0.163 e. The Morgan fingerprint density at radius 1 is 1.03 bits per heavy atom. The molecule has 5 heterocycles. The molecule has 0 unspecified atom stereocenters. The molecule has 0 atom stereocenters. The van der Waals surface area contributed by atoms with Crippen LogP contribution in [0, 0.1) is 0 Å². The first kappa shape index (κ1) is 24.7. The number of nitrogens with zero attached hydrogens (tertiary/aromatic N) is 6. The Kier molecular flexibility index (Phi) is 6.84. The highest BCUT2D eigenvalue weighted by Crippen LogP contribution is 2.35. The summed E-state index contributed by atoms with van der Waals surface area (Å²) in [5, 5.41) is 9.37. The Morgan fingerprint density at radius 3 is 2.59 bits per heavy atom. The summed E-state index contributed by atoms with van der Waals surface area (Å²) >= 11 is 1.73. The number of aromatic amines is 1. The third-order valence-corrected chi connectivity index (χ3v) is 9.02. The van der Waals surface area contributed by atoms with Crippen molar-refractivity contribution in [3.63, 3.8) is 0 Å². The SMILES string of the molecule is CS(=O)(=O)CCN1CCN(Cc2cc3c(N4CCOCC4)nc(-c4cccc5[nH]ncc45)nc3s2)CC1. The normalized spacial score (nSPS) is 18.2. The molecule has 0 bridgehead atoms. The first-order valence-electron chi connectivity index (χ1n) is 12.6. The third kappa shape index (κ3) is 5.48. The van der Waals surface area contributed by atoms with Gasteiger partial charge in [-0.25, -0.2) is 18.4 Å². The van der Waals surface area contributed by atoms with E-state index in [1.165, 1.54) is 11.1 Å². The summed E-state index contributed by atoms with van der Waals surface area (Å²) in [6, 6.07) is 8.33. The van der Waals surface area contributed by atoms with E-state index in [1.54, 1.807) is 11.3 Å². The lowest BCUT2D eigenvalue weighted by Gasteiger charge is -2.34. The molecule has 2 fully saturated rings. The van der Waals surface area contributed by atoms with Crippen molar-refractivity contribution in [3.05, 3.63) is 35.3 Å². The summed E-state index contributed by atoms with van der Waals surface area (Å²) in [6.07, 6.45) is 3.14. The maximum absolute atomic E-state index is 11.5. The van der Waals surface area contributed by atoms with E-state index in [-0.39, 0.29) is 5.75 Å². The van der Waals surface area contributed by atoms with E-state index in [1.807, 2.05) is 18.3 Å². The lowest BCUT2D eigenvalue weighted by molar-refractivity contribution is 0.122. The maximum atomic E-state index is 11.5. The van der Waals surface area contributed by atoms with E-state index in [0.29, 0.717) is 25.6 Å². The van der Waals surface area contributed by atoms with Crippen LogP contribution in [0.1, 0.15) is 4.88 Å². The van der Waals surface area contributed by atoms with E-state index in [9.17, 15) is 8.42 Å². The summed E-state index contributed by atoms with van der Waals surface area (Å²) in [5.41, 5.74) is 1.94. The summed E-state index contributed by atoms with van der Waals surface area (Å²) in [6.45, 7) is 8.09. The predicted octanol–water partition coefficient (Wildman–Crippen LogP) is 2.23. The molecule has 1 N–H and O–H groups in total. The highest BCUT2D eigenvalue weighted by Gasteiger charge is 2.23. The predicted molar refractivity (Wildman–Crippen MR) is 147 cm³/mol. The number of H-pyrrole nitrogens is 1. The number of anilines is 1. The number of thiophene rings is 1. The van der Waals surface area contributed by atoms with Gasteiger partial charge >= 0.3 is 0 Å². The maximum Gasteiger partial charge on any atom is 0.163 e. The molecule has 2 saturated heterocycles. The number of sulfone groups is 1. The minimum Gasteiger partial charge on any atom is -0.378 e. The van der Waals surface area contributed by atoms with Crippen molar-refractivity contribution in [1.29, 1.82) is 0 Å². The molecule has 0 radical (unpaired) electrons. The van der Waals surface area contributed by atoms with Crippen LogP contribution in [0.3, 0.4) is 0 Å². The first-order valence-corrected chi connectivity index (χ1v) is 15.5. The fourth-order valence-corrected chi connectivity index (χ4v) is 6.67. The van der Waals surface area contributed by atoms with Crippen LogP contribution in [-0.2, 0) is 21.1 Å². The van der Waals surface area contributed by atoms with Crippen molar-refractivity contribution >= 4 is 48.1 Å². The van der Waals surface area contributed by atoms with Gasteiger partial charge < -0.3 is 9.64 Å². The molecule has 0 saturated carbocycles. The minimum atomic E-state index is -2.93. The van der Waals surface area contributed by atoms with E-state index in [4.69, 9.17) is 14.7 Å². The average Bonchev–Trinajstić information content (AvgIpc) is 3.54. The number of hydrogen-bond donors (Lipinski definition) is 1. The van der Waals surface area contributed by atoms with E-state index in [2.05, 4.69) is 37.0 Å². The van der Waals surface area contributed by atoms with Gasteiger partial charge in [-0.3, -0.25) is 14.9 Å². The minimum absolute atomic E-state index is 0.223. The van der Waals surface area contributed by atoms with Crippen LogP contribution in [0.25, 0.3) is 32.5 Å². The monoisotopic (exact) mass is 541 g/mol. The van der Waals surface area contributed by atoms with Gasteiger partial charge in [0.25, 0.3) is 0 Å². The molecule has 2 aliphatic heterocycles. The van der Waals surface area contributed by atoms with Crippen molar-refractivity contribution in [2.45, 2.75) is 6.54 Å². The second kappa shape index (κ2) is 10.3. The highest BCUT2D eigenvalue weighted by molar-refractivity contribution is 7.90. The Morgan fingerprint density at radius 2 is 1.81 bits per heavy atom. The second-order valence-electron chi connectivity index (χ2n) is 9.79. The zero-order valence-corrected chi connectivity index (χ0v) is 22.5. The molecule has 2 aliphatic rings. The molecule has 0 aliphatic carbocycles. The van der Waals surface area contributed by atoms with Gasteiger partial charge in [0, 0.05) is 74.4 Å². The quantitative estimate of drug-likeness (QED) is 0.377. The second-order valence-corrected chi connectivity index (χ2v) is 13.2. The molecule has 0 spiro atoms. The molecule has 3 aromatic heterocycles. The zero-order chi connectivity index (χ0) is 25.4. The van der Waals surface area contributed by atoms with Gasteiger partial charge in [0.1, 0.15) is 20.5 Å². The third-order valence-electron chi connectivity index (χ3n) is 7.08. The van der Waals surface area contributed by atoms with Gasteiger partial charge in [-0.05, 0) is 12.1 Å². The number of fused-ring (bicyclic) bond motifs is 2. The molecule has 10 nitrogen and oxygen atoms in total. The van der Waals surface area contributed by atoms with E-state index >= 15 is 0 Å². The fourth-order valence-electron chi connectivity index (χ4n) is 5.02. The van der Waals surface area contributed by atoms with E-state index < -0.39 is 9.84 Å². The topological polar surface area (TPSA) is 108 Å². The van der Waals surface area contributed by atoms with Crippen molar-refractivity contribution in [1.82, 2.24) is 30.0 Å². The zero-order valence-electron chi connectivity index (χ0n) is 20.9.